The molecule has 0 N–H and O–H groups in total. The molecule has 3 aliphatic carbocycles. The van der Waals surface area contributed by atoms with Gasteiger partial charge in [-0.25, -0.2) is 0 Å². The van der Waals surface area contributed by atoms with Crippen molar-refractivity contribution in [1.82, 2.24) is 9.97 Å². The Bertz CT molecular complexity index is 3740. The van der Waals surface area contributed by atoms with Gasteiger partial charge in [0, 0.05) is 81.9 Å². The highest BCUT2D eigenvalue weighted by molar-refractivity contribution is 7.00. The van der Waals surface area contributed by atoms with Crippen molar-refractivity contribution < 1.29 is 0 Å². The van der Waals surface area contributed by atoms with E-state index in [2.05, 4.69) is 232 Å². The Kier molecular flexibility index (Phi) is 8.85. The summed E-state index contributed by atoms with van der Waals surface area (Å²) in [4.78, 5) is 14.1. The van der Waals surface area contributed by atoms with Crippen LogP contribution in [0.15, 0.2) is 249 Å². The maximum Gasteiger partial charge on any atom is 0.252 e. The van der Waals surface area contributed by atoms with E-state index in [1.54, 1.807) is 0 Å². The molecule has 4 heterocycles. The second-order valence-electron chi connectivity index (χ2n) is 19.2. The van der Waals surface area contributed by atoms with Crippen molar-refractivity contribution >= 4 is 57.2 Å². The first-order chi connectivity index (χ1) is 35.3. The summed E-state index contributed by atoms with van der Waals surface area (Å²) in [6.07, 6.45) is 7.62. The van der Waals surface area contributed by atoms with Crippen molar-refractivity contribution in [3.63, 3.8) is 0 Å². The molecule has 2 aliphatic heterocycles. The molecule has 71 heavy (non-hydrogen) atoms. The molecule has 4 nitrogen and oxygen atoms in total. The molecule has 0 amide bonds. The molecule has 0 saturated heterocycles. The van der Waals surface area contributed by atoms with E-state index in [0.29, 0.717) is 0 Å². The van der Waals surface area contributed by atoms with Crippen LogP contribution in [0.3, 0.4) is 0 Å². The lowest BCUT2D eigenvalue weighted by Crippen LogP contribution is -2.61. The third-order valence-corrected chi connectivity index (χ3v) is 15.6. The lowest BCUT2D eigenvalue weighted by Gasteiger charge is -2.45. The Morgan fingerprint density at radius 3 is 1.23 bits per heavy atom. The topological polar surface area (TPSA) is 32.3 Å². The molecule has 2 atom stereocenters. The summed E-state index contributed by atoms with van der Waals surface area (Å²) < 4.78 is 0. The van der Waals surface area contributed by atoms with E-state index in [4.69, 9.17) is 0 Å². The summed E-state index contributed by atoms with van der Waals surface area (Å²) in [6.45, 7) is 0.0505. The Morgan fingerprint density at radius 1 is 0.324 bits per heavy atom. The van der Waals surface area contributed by atoms with Gasteiger partial charge >= 0.3 is 0 Å². The normalized spacial score (nSPS) is 15.2. The van der Waals surface area contributed by atoms with Crippen LogP contribution in [0, 0.1) is 0 Å². The number of benzene rings is 9. The minimum absolute atomic E-state index is 0.0219. The highest BCUT2D eigenvalue weighted by Crippen LogP contribution is 2.60. The molecule has 0 saturated carbocycles. The van der Waals surface area contributed by atoms with E-state index >= 15 is 0 Å². The Hall–Kier alpha value is -9.06. The van der Waals surface area contributed by atoms with Crippen molar-refractivity contribution in [3.8, 4) is 44.5 Å². The summed E-state index contributed by atoms with van der Waals surface area (Å²) in [6, 6.07) is 83.7. The van der Waals surface area contributed by atoms with Crippen LogP contribution in [0.4, 0.5) is 34.1 Å². The van der Waals surface area contributed by atoms with Crippen LogP contribution in [0.25, 0.3) is 44.5 Å². The van der Waals surface area contributed by atoms with E-state index in [1.165, 1.54) is 94.8 Å². The summed E-state index contributed by atoms with van der Waals surface area (Å²) in [5, 5.41) is 0. The van der Waals surface area contributed by atoms with Crippen LogP contribution in [0.5, 0.6) is 0 Å². The van der Waals surface area contributed by atoms with Crippen LogP contribution < -0.4 is 26.2 Å². The van der Waals surface area contributed by atoms with E-state index < -0.39 is 0 Å². The van der Waals surface area contributed by atoms with Gasteiger partial charge in [0.2, 0.25) is 0 Å². The fraction of sp³-hybridized carbons (Fsp3) is 0.0303. The predicted molar refractivity (Wildman–Crippen MR) is 293 cm³/mol. The second kappa shape index (κ2) is 15.7. The van der Waals surface area contributed by atoms with Crippen LogP contribution in [0.1, 0.15) is 45.2 Å². The first-order valence-electron chi connectivity index (χ1n) is 24.6. The molecule has 5 aliphatic rings. The van der Waals surface area contributed by atoms with Crippen molar-refractivity contribution in [2.75, 3.05) is 9.80 Å². The molecular weight excluding hydrogens is 860 g/mol. The average Bonchev–Trinajstić information content (AvgIpc) is 3.45. The summed E-state index contributed by atoms with van der Waals surface area (Å²) in [5.41, 5.74) is 28.8. The standard InChI is InChI=1S/C66H43BN4/c1-3-19-48(20-4-1)70-58-31-11-9-29-56(58)67-57-30-10-12-32-59(57)71(49-21-5-2-6-22-49)61-39-47(38-60(70)66(61)67)51-26-14-28-55-63(51)65-53-24-8-7-23-52(53)64(55)62-50(25-13-27-54(62)65)46-36-44(42-17-15-33-68-40-42)35-45(37-46)43-18-16-34-69-41-43/h1-41,64-65H. The number of nitrogens with zero attached hydrogens (tertiary/aromatic N) is 4. The first kappa shape index (κ1) is 39.9. The van der Waals surface area contributed by atoms with Gasteiger partial charge in [-0.1, -0.05) is 146 Å². The van der Waals surface area contributed by atoms with Gasteiger partial charge in [-0.2, -0.15) is 0 Å². The zero-order chi connectivity index (χ0) is 46.6. The molecule has 9 aromatic carbocycles. The number of hydrogen-bond donors (Lipinski definition) is 0. The maximum absolute atomic E-state index is 4.53. The lowest BCUT2D eigenvalue weighted by atomic mass is 9.33. The molecule has 330 valence electrons. The zero-order valence-electron chi connectivity index (χ0n) is 38.7. The number of anilines is 6. The quantitative estimate of drug-likeness (QED) is 0.156. The number of para-hydroxylation sites is 4. The molecule has 2 aromatic heterocycles. The van der Waals surface area contributed by atoms with Crippen molar-refractivity contribution in [3.05, 3.63) is 283 Å². The van der Waals surface area contributed by atoms with Crippen molar-refractivity contribution in [2.45, 2.75) is 11.8 Å². The fourth-order valence-electron chi connectivity index (χ4n) is 12.8. The van der Waals surface area contributed by atoms with E-state index in [1.807, 2.05) is 36.9 Å². The average molecular weight is 903 g/mol. The van der Waals surface area contributed by atoms with Gasteiger partial charge in [-0.15, -0.1) is 0 Å². The number of fused-ring (bicyclic) bond motifs is 4. The lowest BCUT2D eigenvalue weighted by molar-refractivity contribution is 0.758. The Labute approximate surface area is 413 Å². The summed E-state index contributed by atoms with van der Waals surface area (Å²) in [5.74, 6) is 0.0516. The van der Waals surface area contributed by atoms with E-state index in [-0.39, 0.29) is 18.5 Å². The number of hydrogen-bond acceptors (Lipinski definition) is 4. The van der Waals surface area contributed by atoms with Crippen LogP contribution in [0.2, 0.25) is 0 Å². The van der Waals surface area contributed by atoms with Gasteiger partial charge in [0.15, 0.2) is 0 Å². The van der Waals surface area contributed by atoms with Gasteiger partial charge in [-0.05, 0) is 162 Å². The Balaban J connectivity index is 0.979. The van der Waals surface area contributed by atoms with Crippen molar-refractivity contribution in [2.24, 2.45) is 0 Å². The minimum atomic E-state index is 0.0219. The molecule has 2 bridgehead atoms. The molecule has 0 fully saturated rings. The van der Waals surface area contributed by atoms with Gasteiger partial charge < -0.3 is 9.80 Å². The molecule has 0 spiro atoms. The molecular formula is C66H43BN4. The van der Waals surface area contributed by atoms with Crippen LogP contribution in [-0.2, 0) is 0 Å². The van der Waals surface area contributed by atoms with Gasteiger partial charge in [0.25, 0.3) is 6.71 Å². The first-order valence-corrected chi connectivity index (χ1v) is 24.6. The van der Waals surface area contributed by atoms with Gasteiger partial charge in [0.1, 0.15) is 0 Å². The Morgan fingerprint density at radius 2 is 0.746 bits per heavy atom. The molecule has 2 unspecified atom stereocenters. The second-order valence-corrected chi connectivity index (χ2v) is 19.2. The third-order valence-electron chi connectivity index (χ3n) is 15.6. The van der Waals surface area contributed by atoms with Gasteiger partial charge in [0.05, 0.1) is 0 Å². The molecule has 0 radical (unpaired) electrons. The number of pyridine rings is 2. The van der Waals surface area contributed by atoms with E-state index in [9.17, 15) is 0 Å². The third kappa shape index (κ3) is 5.99. The predicted octanol–water partition coefficient (Wildman–Crippen LogP) is 14.2. The zero-order valence-corrected chi connectivity index (χ0v) is 38.7. The number of rotatable bonds is 6. The SMILES string of the molecule is c1ccc(N2c3ccccc3B3c4ccccc4N(c4ccccc4)c4cc(-c5cccc6c5C5c7ccccc7C6c6c(-c7cc(-c8cccnc8)cc(-c8cccnc8)c7)cccc65)cc2c43)cc1. The number of aromatic nitrogens is 2. The monoisotopic (exact) mass is 902 g/mol. The smallest absolute Gasteiger partial charge is 0.252 e. The van der Waals surface area contributed by atoms with E-state index in [0.717, 1.165) is 33.6 Å². The highest BCUT2D eigenvalue weighted by atomic mass is 15.2. The summed E-state index contributed by atoms with van der Waals surface area (Å²) >= 11 is 0. The molecule has 5 heteroatoms. The van der Waals surface area contributed by atoms with Crippen molar-refractivity contribution in [1.29, 1.82) is 0 Å². The van der Waals surface area contributed by atoms with Crippen LogP contribution in [-0.4, -0.2) is 16.7 Å². The largest absolute Gasteiger partial charge is 0.311 e. The highest BCUT2D eigenvalue weighted by Gasteiger charge is 2.46. The molecule has 16 rings (SSSR count). The minimum Gasteiger partial charge on any atom is -0.311 e. The summed E-state index contributed by atoms with van der Waals surface area (Å²) in [7, 11) is 0. The van der Waals surface area contributed by atoms with Crippen LogP contribution >= 0.6 is 0 Å². The fourth-order valence-corrected chi connectivity index (χ4v) is 12.8. The molecule has 11 aromatic rings. The maximum atomic E-state index is 4.53. The van der Waals surface area contributed by atoms with Gasteiger partial charge in [-0.3, -0.25) is 9.97 Å².